The van der Waals surface area contributed by atoms with Crippen LogP contribution in [0.1, 0.15) is 32.7 Å². The quantitative estimate of drug-likeness (QED) is 0.600. The summed E-state index contributed by atoms with van der Waals surface area (Å²) in [7, 11) is 0. The predicted molar refractivity (Wildman–Crippen MR) is 107 cm³/mol. The summed E-state index contributed by atoms with van der Waals surface area (Å²) >= 11 is 7.38. The maximum absolute atomic E-state index is 15.1. The van der Waals surface area contributed by atoms with Crippen molar-refractivity contribution in [2.75, 3.05) is 5.32 Å². The van der Waals surface area contributed by atoms with Crippen LogP contribution in [0.2, 0.25) is 5.28 Å². The molecule has 0 spiro atoms. The molecule has 1 aromatic carbocycles. The summed E-state index contributed by atoms with van der Waals surface area (Å²) in [5, 5.41) is 3.45. The number of halogens is 2. The lowest BCUT2D eigenvalue weighted by Gasteiger charge is -2.13. The average Bonchev–Trinajstić information content (AvgIpc) is 3.02. The molecule has 3 aromatic rings. The maximum Gasteiger partial charge on any atom is 0.222 e. The van der Waals surface area contributed by atoms with Crippen molar-refractivity contribution in [3.05, 3.63) is 46.6 Å². The van der Waals surface area contributed by atoms with E-state index in [9.17, 15) is 4.79 Å². The number of benzene rings is 1. The van der Waals surface area contributed by atoms with Crippen LogP contribution in [0.15, 0.2) is 30.5 Å². The van der Waals surface area contributed by atoms with Crippen molar-refractivity contribution in [2.45, 2.75) is 33.1 Å². The Morgan fingerprint density at radius 3 is 2.59 bits per heavy atom. The smallest absolute Gasteiger partial charge is 0.222 e. The van der Waals surface area contributed by atoms with Crippen LogP contribution < -0.4 is 5.32 Å². The topological polar surface area (TPSA) is 67.8 Å². The largest absolute Gasteiger partial charge is 0.324 e. The highest BCUT2D eigenvalue weighted by Gasteiger charge is 2.26. The fourth-order valence-electron chi connectivity index (χ4n) is 2.46. The first-order valence-corrected chi connectivity index (χ1v) is 9.43. The fourth-order valence-corrected chi connectivity index (χ4v) is 3.71. The highest BCUT2D eigenvalue weighted by atomic mass is 35.5. The van der Waals surface area contributed by atoms with E-state index in [-0.39, 0.29) is 27.9 Å². The van der Waals surface area contributed by atoms with Crippen molar-refractivity contribution in [1.29, 1.82) is 0 Å². The fraction of sp³-hybridized carbons (Fsp3) is 0.263. The lowest BCUT2D eigenvalue weighted by Crippen LogP contribution is -2.10. The normalized spacial score (nSPS) is 11.5. The SMILES string of the molecule is CC(=O)Nc1cccc(-c2nc(C(C)(C)C)sc2-c2ccnc(Cl)n2)c1F. The third kappa shape index (κ3) is 4.14. The zero-order valence-electron chi connectivity index (χ0n) is 15.3. The van der Waals surface area contributed by atoms with Crippen molar-refractivity contribution in [1.82, 2.24) is 15.0 Å². The van der Waals surface area contributed by atoms with Gasteiger partial charge < -0.3 is 5.32 Å². The van der Waals surface area contributed by atoms with Crippen LogP contribution in [0.5, 0.6) is 0 Å². The molecule has 0 fully saturated rings. The summed E-state index contributed by atoms with van der Waals surface area (Å²) < 4.78 is 15.1. The molecule has 1 N–H and O–H groups in total. The van der Waals surface area contributed by atoms with Gasteiger partial charge in [-0.15, -0.1) is 11.3 Å². The lowest BCUT2D eigenvalue weighted by molar-refractivity contribution is -0.114. The minimum absolute atomic E-state index is 0.108. The third-order valence-electron chi connectivity index (χ3n) is 3.69. The van der Waals surface area contributed by atoms with Crippen molar-refractivity contribution >= 4 is 34.5 Å². The summed E-state index contributed by atoms with van der Waals surface area (Å²) in [6, 6.07) is 6.54. The molecule has 0 bridgehead atoms. The number of thiazole rings is 1. The van der Waals surface area contributed by atoms with Crippen molar-refractivity contribution in [3.63, 3.8) is 0 Å². The van der Waals surface area contributed by atoms with Gasteiger partial charge in [0.2, 0.25) is 11.2 Å². The van der Waals surface area contributed by atoms with E-state index < -0.39 is 5.82 Å². The Kier molecular flexibility index (Phi) is 5.26. The second-order valence-corrected chi connectivity index (χ2v) is 8.34. The first-order valence-electron chi connectivity index (χ1n) is 8.23. The van der Waals surface area contributed by atoms with Gasteiger partial charge in [0.25, 0.3) is 0 Å². The minimum atomic E-state index is -0.542. The Hall–Kier alpha value is -2.38. The number of rotatable bonds is 3. The number of hydrogen-bond acceptors (Lipinski definition) is 5. The Morgan fingerprint density at radius 2 is 1.96 bits per heavy atom. The van der Waals surface area contributed by atoms with E-state index in [0.29, 0.717) is 16.3 Å². The molecule has 0 saturated carbocycles. The summed E-state index contributed by atoms with van der Waals surface area (Å²) in [5.74, 6) is -0.887. The van der Waals surface area contributed by atoms with Crippen LogP contribution in [0.4, 0.5) is 10.1 Å². The van der Waals surface area contributed by atoms with E-state index in [2.05, 4.69) is 15.3 Å². The standard InChI is InChI=1S/C19H18ClFN4OS/c1-10(26)23-12-7-5-6-11(14(12)21)15-16(13-8-9-22-18(20)24-13)27-17(25-15)19(2,3)4/h5-9H,1-4H3,(H,23,26). The molecule has 8 heteroatoms. The highest BCUT2D eigenvalue weighted by Crippen LogP contribution is 2.41. The number of amides is 1. The molecule has 140 valence electrons. The molecule has 2 heterocycles. The van der Waals surface area contributed by atoms with Gasteiger partial charge in [0.05, 0.1) is 27.0 Å². The summed E-state index contributed by atoms with van der Waals surface area (Å²) in [4.78, 5) is 24.9. The molecule has 0 unspecified atom stereocenters. The zero-order valence-corrected chi connectivity index (χ0v) is 16.9. The Labute approximate surface area is 165 Å². The second-order valence-electron chi connectivity index (χ2n) is 7.01. The van der Waals surface area contributed by atoms with E-state index in [0.717, 1.165) is 5.01 Å². The third-order valence-corrected chi connectivity index (χ3v) is 5.38. The highest BCUT2D eigenvalue weighted by molar-refractivity contribution is 7.15. The van der Waals surface area contributed by atoms with Gasteiger partial charge in [-0.1, -0.05) is 26.8 Å². The number of aromatic nitrogens is 3. The number of nitrogens with one attached hydrogen (secondary N) is 1. The van der Waals surface area contributed by atoms with Gasteiger partial charge in [0, 0.05) is 24.1 Å². The molecular formula is C19H18ClFN4OS. The molecular weight excluding hydrogens is 387 g/mol. The molecule has 0 aliphatic rings. The van der Waals surface area contributed by atoms with Crippen LogP contribution in [0.3, 0.4) is 0 Å². The number of hydrogen-bond donors (Lipinski definition) is 1. The van der Waals surface area contributed by atoms with Gasteiger partial charge in [-0.05, 0) is 29.8 Å². The number of carbonyl (C=O) groups is 1. The first-order chi connectivity index (χ1) is 12.7. The number of anilines is 1. The first kappa shape index (κ1) is 19.4. The van der Waals surface area contributed by atoms with Crippen LogP contribution >= 0.6 is 22.9 Å². The van der Waals surface area contributed by atoms with E-state index >= 15 is 4.39 Å². The molecule has 1 amide bonds. The number of nitrogens with zero attached hydrogens (tertiary/aromatic N) is 3. The molecule has 5 nitrogen and oxygen atoms in total. The maximum atomic E-state index is 15.1. The summed E-state index contributed by atoms with van der Waals surface area (Å²) in [6.07, 6.45) is 1.55. The summed E-state index contributed by atoms with van der Waals surface area (Å²) in [6.45, 7) is 7.45. The minimum Gasteiger partial charge on any atom is -0.324 e. The van der Waals surface area contributed by atoms with E-state index in [1.165, 1.54) is 24.3 Å². The van der Waals surface area contributed by atoms with Gasteiger partial charge in [-0.25, -0.2) is 19.3 Å². The molecule has 0 aliphatic heterocycles. The van der Waals surface area contributed by atoms with E-state index in [4.69, 9.17) is 16.6 Å². The monoisotopic (exact) mass is 404 g/mol. The molecule has 0 saturated heterocycles. The van der Waals surface area contributed by atoms with E-state index in [1.54, 1.807) is 24.4 Å². The molecule has 3 rings (SSSR count). The van der Waals surface area contributed by atoms with Gasteiger partial charge in [-0.3, -0.25) is 4.79 Å². The molecule has 0 aliphatic carbocycles. The summed E-state index contributed by atoms with van der Waals surface area (Å²) in [5.41, 5.74) is 1.21. The Morgan fingerprint density at radius 1 is 1.22 bits per heavy atom. The van der Waals surface area contributed by atoms with Gasteiger partial charge in [-0.2, -0.15) is 0 Å². The Bertz CT molecular complexity index is 1010. The van der Waals surface area contributed by atoms with Crippen LogP contribution in [0, 0.1) is 5.82 Å². The lowest BCUT2D eigenvalue weighted by atomic mass is 9.98. The van der Waals surface area contributed by atoms with Gasteiger partial charge in [0.1, 0.15) is 0 Å². The molecule has 2 aromatic heterocycles. The van der Waals surface area contributed by atoms with Crippen LogP contribution in [-0.2, 0) is 10.2 Å². The molecule has 27 heavy (non-hydrogen) atoms. The average molecular weight is 405 g/mol. The van der Waals surface area contributed by atoms with Gasteiger partial charge >= 0.3 is 0 Å². The van der Waals surface area contributed by atoms with Crippen LogP contribution in [-0.4, -0.2) is 20.9 Å². The molecule has 0 radical (unpaired) electrons. The predicted octanol–water partition coefficient (Wildman–Crippen LogP) is 5.32. The number of carbonyl (C=O) groups excluding carboxylic acids is 1. The zero-order chi connectivity index (χ0) is 19.8. The Balaban J connectivity index is 2.24. The van der Waals surface area contributed by atoms with Crippen molar-refractivity contribution in [3.8, 4) is 21.8 Å². The van der Waals surface area contributed by atoms with Crippen molar-refractivity contribution < 1.29 is 9.18 Å². The molecule has 0 atom stereocenters. The van der Waals surface area contributed by atoms with Crippen LogP contribution in [0.25, 0.3) is 21.8 Å². The van der Waals surface area contributed by atoms with Gasteiger partial charge in [0.15, 0.2) is 5.82 Å². The second kappa shape index (κ2) is 7.32. The van der Waals surface area contributed by atoms with E-state index in [1.807, 2.05) is 20.8 Å². The van der Waals surface area contributed by atoms with Crippen molar-refractivity contribution in [2.24, 2.45) is 0 Å².